The molecule has 3 atom stereocenters. The van der Waals surface area contributed by atoms with Crippen molar-refractivity contribution in [3.05, 3.63) is 0 Å². The third-order valence-corrected chi connectivity index (χ3v) is 2.94. The van der Waals surface area contributed by atoms with Crippen LogP contribution in [0.3, 0.4) is 0 Å². The maximum absolute atomic E-state index is 10.7. The van der Waals surface area contributed by atoms with Gasteiger partial charge in [0.25, 0.3) is 0 Å². The van der Waals surface area contributed by atoms with Gasteiger partial charge in [0.2, 0.25) is 0 Å². The Morgan fingerprint density at radius 1 is 1.50 bits per heavy atom. The van der Waals surface area contributed by atoms with E-state index in [1.807, 2.05) is 0 Å². The van der Waals surface area contributed by atoms with E-state index in [0.29, 0.717) is 13.0 Å². The van der Waals surface area contributed by atoms with E-state index in [4.69, 9.17) is 5.11 Å². The summed E-state index contributed by atoms with van der Waals surface area (Å²) >= 11 is 0. The van der Waals surface area contributed by atoms with Gasteiger partial charge in [-0.05, 0) is 19.4 Å². The Kier molecular flexibility index (Phi) is 1.81. The number of carbonyl (C=O) groups is 1. The summed E-state index contributed by atoms with van der Waals surface area (Å²) in [6.07, 6.45) is 1.07. The summed E-state index contributed by atoms with van der Waals surface area (Å²) in [6.45, 7) is 1.49. The average Bonchev–Trinajstić information content (AvgIpc) is 2.43. The van der Waals surface area contributed by atoms with Gasteiger partial charge in [-0.25, -0.2) is 0 Å². The molecule has 68 valence electrons. The lowest BCUT2D eigenvalue weighted by atomic mass is 9.98. The van der Waals surface area contributed by atoms with Crippen molar-refractivity contribution in [2.45, 2.75) is 25.0 Å². The van der Waals surface area contributed by atoms with Crippen LogP contribution >= 0.6 is 0 Å². The Labute approximate surface area is 70.8 Å². The number of nitrogens with zero attached hydrogens (tertiary/aromatic N) is 1. The number of carboxylic acid groups (broad SMARTS) is 1. The third kappa shape index (κ3) is 1.11. The molecule has 2 rings (SSSR count). The van der Waals surface area contributed by atoms with Crippen LogP contribution < -0.4 is 0 Å². The molecule has 0 amide bonds. The first-order valence-corrected chi connectivity index (χ1v) is 4.33. The van der Waals surface area contributed by atoms with E-state index in [2.05, 4.69) is 4.90 Å². The molecule has 0 spiro atoms. The first-order valence-electron chi connectivity index (χ1n) is 4.33. The standard InChI is InChI=1S/C8H13NO3/c10-5-3-7-6(8(11)12)1-2-9(7)4-5/h5-7,10H,1-4H2,(H,11,12). The monoisotopic (exact) mass is 171 g/mol. The molecule has 4 nitrogen and oxygen atoms in total. The van der Waals surface area contributed by atoms with Gasteiger partial charge >= 0.3 is 5.97 Å². The van der Waals surface area contributed by atoms with E-state index in [-0.39, 0.29) is 18.1 Å². The van der Waals surface area contributed by atoms with E-state index in [1.54, 1.807) is 0 Å². The van der Waals surface area contributed by atoms with Gasteiger partial charge in [0.15, 0.2) is 0 Å². The number of aliphatic hydroxyl groups excluding tert-OH is 1. The Morgan fingerprint density at radius 3 is 2.92 bits per heavy atom. The summed E-state index contributed by atoms with van der Waals surface area (Å²) in [4.78, 5) is 12.8. The second kappa shape index (κ2) is 2.71. The van der Waals surface area contributed by atoms with Crippen LogP contribution in [0, 0.1) is 5.92 Å². The third-order valence-electron chi connectivity index (χ3n) is 2.94. The molecular formula is C8H13NO3. The zero-order chi connectivity index (χ0) is 8.72. The van der Waals surface area contributed by atoms with Crippen molar-refractivity contribution in [3.63, 3.8) is 0 Å². The Bertz CT molecular complexity index is 206. The number of fused-ring (bicyclic) bond motifs is 1. The minimum absolute atomic E-state index is 0.0949. The molecule has 0 aromatic rings. The van der Waals surface area contributed by atoms with Crippen LogP contribution in [0.1, 0.15) is 12.8 Å². The molecule has 0 saturated carbocycles. The Morgan fingerprint density at radius 2 is 2.25 bits per heavy atom. The normalized spacial score (nSPS) is 41.6. The van der Waals surface area contributed by atoms with Crippen LogP contribution in [-0.4, -0.2) is 46.3 Å². The summed E-state index contributed by atoms with van der Waals surface area (Å²) in [5, 5.41) is 18.1. The zero-order valence-electron chi connectivity index (χ0n) is 6.81. The first kappa shape index (κ1) is 8.01. The molecule has 0 radical (unpaired) electrons. The van der Waals surface area contributed by atoms with Crippen molar-refractivity contribution in [2.24, 2.45) is 5.92 Å². The SMILES string of the molecule is O=C(O)C1CCN2CC(O)CC12. The first-order chi connectivity index (χ1) is 5.68. The Hall–Kier alpha value is -0.610. The van der Waals surface area contributed by atoms with Gasteiger partial charge in [0, 0.05) is 12.6 Å². The highest BCUT2D eigenvalue weighted by Gasteiger charge is 2.44. The smallest absolute Gasteiger partial charge is 0.308 e. The van der Waals surface area contributed by atoms with Crippen molar-refractivity contribution >= 4 is 5.97 Å². The second-order valence-electron chi connectivity index (χ2n) is 3.69. The maximum atomic E-state index is 10.7. The fourth-order valence-electron chi connectivity index (χ4n) is 2.37. The number of aliphatic hydroxyl groups is 1. The molecule has 2 N–H and O–H groups in total. The van der Waals surface area contributed by atoms with E-state index < -0.39 is 5.97 Å². The van der Waals surface area contributed by atoms with Gasteiger partial charge in [-0.15, -0.1) is 0 Å². The van der Waals surface area contributed by atoms with Crippen LogP contribution in [0.25, 0.3) is 0 Å². The van der Waals surface area contributed by atoms with Crippen LogP contribution in [0.2, 0.25) is 0 Å². The molecule has 2 heterocycles. The molecule has 0 aliphatic carbocycles. The van der Waals surface area contributed by atoms with Crippen molar-refractivity contribution in [3.8, 4) is 0 Å². The van der Waals surface area contributed by atoms with Gasteiger partial charge in [-0.1, -0.05) is 0 Å². The summed E-state index contributed by atoms with van der Waals surface area (Å²) in [7, 11) is 0. The lowest BCUT2D eigenvalue weighted by molar-refractivity contribution is -0.142. The van der Waals surface area contributed by atoms with E-state index >= 15 is 0 Å². The van der Waals surface area contributed by atoms with Crippen molar-refractivity contribution in [2.75, 3.05) is 13.1 Å². The molecule has 0 aromatic carbocycles. The minimum atomic E-state index is -0.711. The fourth-order valence-corrected chi connectivity index (χ4v) is 2.37. The van der Waals surface area contributed by atoms with Crippen molar-refractivity contribution < 1.29 is 15.0 Å². The molecule has 2 saturated heterocycles. The van der Waals surface area contributed by atoms with Crippen molar-refractivity contribution in [1.29, 1.82) is 0 Å². The van der Waals surface area contributed by atoms with Gasteiger partial charge < -0.3 is 10.2 Å². The largest absolute Gasteiger partial charge is 0.481 e. The second-order valence-corrected chi connectivity index (χ2v) is 3.69. The summed E-state index contributed by atoms with van der Waals surface area (Å²) in [6, 6.07) is 0.0949. The van der Waals surface area contributed by atoms with Crippen LogP contribution in [0.4, 0.5) is 0 Å². The zero-order valence-corrected chi connectivity index (χ0v) is 6.81. The highest BCUT2D eigenvalue weighted by molar-refractivity contribution is 5.71. The molecule has 2 fully saturated rings. The molecule has 0 bridgehead atoms. The predicted molar refractivity (Wildman–Crippen MR) is 41.7 cm³/mol. The number of rotatable bonds is 1. The van der Waals surface area contributed by atoms with Crippen molar-refractivity contribution in [1.82, 2.24) is 4.90 Å². The topological polar surface area (TPSA) is 60.8 Å². The quantitative estimate of drug-likeness (QED) is 0.559. The molecule has 3 unspecified atom stereocenters. The maximum Gasteiger partial charge on any atom is 0.308 e. The summed E-state index contributed by atoms with van der Waals surface area (Å²) in [5.41, 5.74) is 0. The van der Waals surface area contributed by atoms with Crippen LogP contribution in [0.15, 0.2) is 0 Å². The van der Waals surface area contributed by atoms with E-state index in [1.165, 1.54) is 0 Å². The summed E-state index contributed by atoms with van der Waals surface area (Å²) in [5.74, 6) is -0.959. The van der Waals surface area contributed by atoms with Crippen LogP contribution in [-0.2, 0) is 4.79 Å². The highest BCUT2D eigenvalue weighted by Crippen LogP contribution is 2.32. The highest BCUT2D eigenvalue weighted by atomic mass is 16.4. The number of carboxylic acids is 1. The number of hydrogen-bond donors (Lipinski definition) is 2. The van der Waals surface area contributed by atoms with E-state index in [9.17, 15) is 9.90 Å². The van der Waals surface area contributed by atoms with Gasteiger partial charge in [-0.2, -0.15) is 0 Å². The predicted octanol–water partition coefficient (Wildman–Crippen LogP) is -0.474. The molecule has 12 heavy (non-hydrogen) atoms. The molecular weight excluding hydrogens is 158 g/mol. The van der Waals surface area contributed by atoms with E-state index in [0.717, 1.165) is 13.0 Å². The lowest BCUT2D eigenvalue weighted by Crippen LogP contribution is -2.29. The fraction of sp³-hybridized carbons (Fsp3) is 0.875. The lowest BCUT2D eigenvalue weighted by Gasteiger charge is -2.15. The Balaban J connectivity index is 2.08. The minimum Gasteiger partial charge on any atom is -0.481 e. The molecule has 0 aromatic heterocycles. The van der Waals surface area contributed by atoms with Gasteiger partial charge in [-0.3, -0.25) is 9.69 Å². The van der Waals surface area contributed by atoms with Gasteiger partial charge in [0.05, 0.1) is 12.0 Å². The molecule has 2 aliphatic rings. The molecule has 4 heteroatoms. The summed E-state index contributed by atoms with van der Waals surface area (Å²) < 4.78 is 0. The van der Waals surface area contributed by atoms with Gasteiger partial charge in [0.1, 0.15) is 0 Å². The number of aliphatic carboxylic acids is 1. The average molecular weight is 171 g/mol. The van der Waals surface area contributed by atoms with Crippen LogP contribution in [0.5, 0.6) is 0 Å². The molecule has 2 aliphatic heterocycles. The number of hydrogen-bond acceptors (Lipinski definition) is 3.